The number of rotatable bonds is 2. The first-order chi connectivity index (χ1) is 6.92. The summed E-state index contributed by atoms with van der Waals surface area (Å²) in [4.78, 5) is 13.1. The third-order valence-corrected chi connectivity index (χ3v) is 2.34. The predicted molar refractivity (Wildman–Crippen MR) is 51.1 cm³/mol. The van der Waals surface area contributed by atoms with E-state index < -0.39 is 5.51 Å². The summed E-state index contributed by atoms with van der Waals surface area (Å²) in [6.07, 6.45) is 1.25. The second-order valence-electron chi connectivity index (χ2n) is 2.36. The molecule has 0 bridgehead atoms. The van der Waals surface area contributed by atoms with Gasteiger partial charge in [-0.1, -0.05) is 11.6 Å². The fourth-order valence-electron chi connectivity index (χ4n) is 0.825. The summed E-state index contributed by atoms with van der Waals surface area (Å²) in [5, 5.41) is -0.0207. The largest absolute Gasteiger partial charge is 0.446 e. The summed E-state index contributed by atoms with van der Waals surface area (Å²) < 4.78 is 35.9. The molecule has 0 heterocycles. The van der Waals surface area contributed by atoms with E-state index in [4.69, 9.17) is 11.6 Å². The van der Waals surface area contributed by atoms with Crippen LogP contribution in [0.25, 0.3) is 0 Å². The molecule has 0 radical (unpaired) electrons. The fraction of sp³-hybridized carbons (Fsp3) is 0.125. The number of carbonyl (C=O) groups excluding carboxylic acids is 1. The maximum atomic E-state index is 12.0. The number of nitrogens with zero attached hydrogens (tertiary/aromatic N) is 1. The molecule has 0 aliphatic heterocycles. The van der Waals surface area contributed by atoms with E-state index in [1.54, 1.807) is 0 Å². The highest BCUT2D eigenvalue weighted by Gasteiger charge is 2.29. The van der Waals surface area contributed by atoms with Crippen LogP contribution in [0.4, 0.5) is 18.9 Å². The van der Waals surface area contributed by atoms with Gasteiger partial charge in [0, 0.05) is 4.90 Å². The Hall–Kier alpha value is -0.970. The maximum Gasteiger partial charge on any atom is 0.446 e. The molecule has 0 amide bonds. The second kappa shape index (κ2) is 4.70. The molecule has 0 aliphatic rings. The van der Waals surface area contributed by atoms with Crippen molar-refractivity contribution < 1.29 is 18.0 Å². The van der Waals surface area contributed by atoms with E-state index in [0.29, 0.717) is 0 Å². The van der Waals surface area contributed by atoms with Crippen molar-refractivity contribution in [2.24, 2.45) is 4.99 Å². The number of hydrogen-bond acceptors (Lipinski definition) is 3. The van der Waals surface area contributed by atoms with Crippen molar-refractivity contribution in [2.45, 2.75) is 10.4 Å². The minimum Gasteiger partial charge on any atom is -0.211 e. The molecule has 80 valence electrons. The zero-order chi connectivity index (χ0) is 11.5. The first-order valence-electron chi connectivity index (χ1n) is 3.55. The predicted octanol–water partition coefficient (Wildman–Crippen LogP) is 3.92. The molecule has 2 nitrogen and oxygen atoms in total. The molecule has 0 atom stereocenters. The van der Waals surface area contributed by atoms with Gasteiger partial charge < -0.3 is 0 Å². The van der Waals surface area contributed by atoms with Crippen LogP contribution in [0.1, 0.15) is 0 Å². The van der Waals surface area contributed by atoms with Crippen molar-refractivity contribution in [3.05, 3.63) is 23.2 Å². The van der Waals surface area contributed by atoms with Crippen LogP contribution in [0, 0.1) is 0 Å². The Bertz CT molecular complexity index is 415. The van der Waals surface area contributed by atoms with Gasteiger partial charge in [0.15, 0.2) is 0 Å². The lowest BCUT2D eigenvalue weighted by Crippen LogP contribution is -1.98. The molecule has 0 N–H and O–H groups in total. The summed E-state index contributed by atoms with van der Waals surface area (Å²) in [5.74, 6) is 0. The Morgan fingerprint density at radius 1 is 1.40 bits per heavy atom. The highest BCUT2D eigenvalue weighted by molar-refractivity contribution is 8.00. The Labute approximate surface area is 92.1 Å². The van der Waals surface area contributed by atoms with E-state index in [1.165, 1.54) is 18.2 Å². The molecule has 0 saturated heterocycles. The van der Waals surface area contributed by atoms with E-state index in [1.807, 2.05) is 0 Å². The van der Waals surface area contributed by atoms with Crippen molar-refractivity contribution in [3.63, 3.8) is 0 Å². The maximum absolute atomic E-state index is 12.0. The smallest absolute Gasteiger partial charge is 0.211 e. The molecule has 15 heavy (non-hydrogen) atoms. The Morgan fingerprint density at radius 2 is 2.07 bits per heavy atom. The fourth-order valence-corrected chi connectivity index (χ4v) is 1.69. The normalized spacial score (nSPS) is 10.9. The number of hydrogen-bond donors (Lipinski definition) is 0. The number of isocyanates is 1. The monoisotopic (exact) mass is 253 g/mol. The summed E-state index contributed by atoms with van der Waals surface area (Å²) in [6, 6.07) is 3.50. The van der Waals surface area contributed by atoms with Gasteiger partial charge in [0.05, 0.1) is 10.7 Å². The molecule has 0 fully saturated rings. The number of thioether (sulfide) groups is 1. The van der Waals surface area contributed by atoms with Crippen molar-refractivity contribution in [1.29, 1.82) is 0 Å². The number of benzene rings is 1. The van der Waals surface area contributed by atoms with E-state index in [-0.39, 0.29) is 27.4 Å². The van der Waals surface area contributed by atoms with Gasteiger partial charge in [0.2, 0.25) is 6.08 Å². The third-order valence-electron chi connectivity index (χ3n) is 1.32. The lowest BCUT2D eigenvalue weighted by Gasteiger charge is -2.05. The molecule has 1 aromatic carbocycles. The average Bonchev–Trinajstić information content (AvgIpc) is 2.07. The van der Waals surface area contributed by atoms with E-state index in [0.717, 1.165) is 6.07 Å². The molecule has 0 saturated carbocycles. The molecule has 1 aromatic rings. The van der Waals surface area contributed by atoms with Crippen LogP contribution in [-0.4, -0.2) is 11.6 Å². The van der Waals surface area contributed by atoms with Crippen molar-refractivity contribution in [3.8, 4) is 0 Å². The van der Waals surface area contributed by atoms with Gasteiger partial charge in [-0.15, -0.1) is 0 Å². The van der Waals surface area contributed by atoms with Gasteiger partial charge in [0.1, 0.15) is 0 Å². The van der Waals surface area contributed by atoms with E-state index in [9.17, 15) is 18.0 Å². The molecule has 0 aromatic heterocycles. The Morgan fingerprint density at radius 3 is 2.53 bits per heavy atom. The van der Waals surface area contributed by atoms with Gasteiger partial charge in [-0.25, -0.2) is 4.79 Å². The third kappa shape index (κ3) is 3.95. The SMILES string of the molecule is O=C=Nc1ccc(SC(F)(F)F)cc1Cl. The van der Waals surface area contributed by atoms with Crippen LogP contribution in [0.5, 0.6) is 0 Å². The summed E-state index contributed by atoms with van der Waals surface area (Å²) in [5.41, 5.74) is -4.27. The second-order valence-corrected chi connectivity index (χ2v) is 3.91. The van der Waals surface area contributed by atoms with Crippen LogP contribution in [0.2, 0.25) is 5.02 Å². The highest BCUT2D eigenvalue weighted by Crippen LogP contribution is 2.39. The summed E-state index contributed by atoms with van der Waals surface area (Å²) >= 11 is 5.30. The van der Waals surface area contributed by atoms with Crippen molar-refractivity contribution in [1.82, 2.24) is 0 Å². The highest BCUT2D eigenvalue weighted by atomic mass is 35.5. The molecule has 7 heteroatoms. The Kier molecular flexibility index (Phi) is 3.79. The molecular weight excluding hydrogens is 251 g/mol. The van der Waals surface area contributed by atoms with Gasteiger partial charge in [-0.05, 0) is 30.0 Å². The van der Waals surface area contributed by atoms with Gasteiger partial charge in [-0.3, -0.25) is 0 Å². The van der Waals surface area contributed by atoms with Crippen molar-refractivity contribution in [2.75, 3.05) is 0 Å². The lowest BCUT2D eigenvalue weighted by molar-refractivity contribution is -0.0328. The van der Waals surface area contributed by atoms with Crippen LogP contribution >= 0.6 is 23.4 Å². The zero-order valence-electron chi connectivity index (χ0n) is 7.01. The number of alkyl halides is 3. The van der Waals surface area contributed by atoms with Gasteiger partial charge in [0.25, 0.3) is 0 Å². The summed E-state index contributed by atoms with van der Waals surface area (Å²) in [6.45, 7) is 0. The molecule has 0 unspecified atom stereocenters. The molecular formula is C8H3ClF3NOS. The van der Waals surface area contributed by atoms with E-state index >= 15 is 0 Å². The Balaban J connectivity index is 2.96. The minimum absolute atomic E-state index is 0.0207. The number of aliphatic imine (C=N–C) groups is 1. The van der Waals surface area contributed by atoms with Crippen LogP contribution in [0.15, 0.2) is 28.1 Å². The topological polar surface area (TPSA) is 29.4 Å². The number of halogens is 4. The minimum atomic E-state index is -4.36. The van der Waals surface area contributed by atoms with E-state index in [2.05, 4.69) is 4.99 Å². The van der Waals surface area contributed by atoms with Crippen molar-refractivity contribution >= 4 is 35.1 Å². The standard InChI is InChI=1S/C8H3ClF3NOS/c9-6-3-5(15-8(10,11)12)1-2-7(6)13-4-14/h1-3H. The van der Waals surface area contributed by atoms with Gasteiger partial charge in [-0.2, -0.15) is 18.2 Å². The first kappa shape index (κ1) is 12.1. The quantitative estimate of drug-likeness (QED) is 0.454. The average molecular weight is 254 g/mol. The first-order valence-corrected chi connectivity index (χ1v) is 4.75. The van der Waals surface area contributed by atoms with Crippen LogP contribution in [-0.2, 0) is 4.79 Å². The van der Waals surface area contributed by atoms with Gasteiger partial charge >= 0.3 is 5.51 Å². The van der Waals surface area contributed by atoms with Crippen LogP contribution < -0.4 is 0 Å². The summed E-state index contributed by atoms with van der Waals surface area (Å²) in [7, 11) is 0. The molecule has 0 aliphatic carbocycles. The van der Waals surface area contributed by atoms with Crippen LogP contribution in [0.3, 0.4) is 0 Å². The zero-order valence-corrected chi connectivity index (χ0v) is 8.58. The molecule has 0 spiro atoms. The molecule has 1 rings (SSSR count). The lowest BCUT2D eigenvalue weighted by atomic mass is 10.3.